The number of carbonyl (C=O) groups excluding carboxylic acids is 4. The number of nitrogens with one attached hydrogen (secondary N) is 4. The molecule has 4 N–H and O–H groups in total. The number of aromatic nitrogens is 4. The molecule has 1 spiro atoms. The molecule has 4 heterocycles. The van der Waals surface area contributed by atoms with Gasteiger partial charge in [0.25, 0.3) is 0 Å². The van der Waals surface area contributed by atoms with Crippen molar-refractivity contribution in [2.75, 3.05) is 20.8 Å². The van der Waals surface area contributed by atoms with E-state index in [2.05, 4.69) is 81.3 Å². The number of ether oxygens (including phenoxy) is 2. The van der Waals surface area contributed by atoms with Gasteiger partial charge in [-0.25, -0.2) is 19.6 Å². The zero-order chi connectivity index (χ0) is 43.4. The van der Waals surface area contributed by atoms with Gasteiger partial charge in [0.15, 0.2) is 0 Å². The third kappa shape index (κ3) is 7.68. The van der Waals surface area contributed by atoms with E-state index in [4.69, 9.17) is 19.4 Å². The Bertz CT molecular complexity index is 2490. The number of methoxy groups -OCH3 is 2. The van der Waals surface area contributed by atoms with Crippen molar-refractivity contribution in [3.63, 3.8) is 0 Å². The van der Waals surface area contributed by atoms with E-state index in [9.17, 15) is 19.2 Å². The predicted molar refractivity (Wildman–Crippen MR) is 234 cm³/mol. The van der Waals surface area contributed by atoms with E-state index < -0.39 is 24.3 Å². The van der Waals surface area contributed by atoms with E-state index in [-0.39, 0.29) is 47.2 Å². The van der Waals surface area contributed by atoms with Crippen molar-refractivity contribution in [2.24, 2.45) is 23.2 Å². The zero-order valence-corrected chi connectivity index (χ0v) is 36.2. The Morgan fingerprint density at radius 3 is 1.92 bits per heavy atom. The van der Waals surface area contributed by atoms with Crippen LogP contribution in [0.3, 0.4) is 0 Å². The van der Waals surface area contributed by atoms with Crippen molar-refractivity contribution >= 4 is 35.0 Å². The number of imidazole rings is 2. The second-order valence-corrected chi connectivity index (χ2v) is 18.5. The van der Waals surface area contributed by atoms with E-state index in [0.717, 1.165) is 94.7 Å². The molecule has 2 bridgehead atoms. The largest absolute Gasteiger partial charge is 0.453 e. The van der Waals surface area contributed by atoms with Gasteiger partial charge in [-0.1, -0.05) is 82.3 Å². The van der Waals surface area contributed by atoms with Crippen LogP contribution in [-0.4, -0.2) is 92.6 Å². The minimum absolute atomic E-state index is 0.0889. The van der Waals surface area contributed by atoms with Crippen LogP contribution in [-0.2, 0) is 19.1 Å². The summed E-state index contributed by atoms with van der Waals surface area (Å²) in [7, 11) is 2.62. The molecule has 14 heteroatoms. The molecule has 324 valence electrons. The lowest BCUT2D eigenvalue weighted by Crippen LogP contribution is -2.54. The number of benzene rings is 3. The van der Waals surface area contributed by atoms with Crippen molar-refractivity contribution in [3.8, 4) is 33.5 Å². The number of hydrogen-bond donors (Lipinski definition) is 4. The summed E-state index contributed by atoms with van der Waals surface area (Å²) in [6, 6.07) is 21.5. The van der Waals surface area contributed by atoms with Crippen LogP contribution in [0.2, 0.25) is 0 Å². The first-order valence-corrected chi connectivity index (χ1v) is 21.9. The third-order valence-corrected chi connectivity index (χ3v) is 13.8. The summed E-state index contributed by atoms with van der Waals surface area (Å²) in [4.78, 5) is 72.9. The molecule has 4 fully saturated rings. The van der Waals surface area contributed by atoms with Crippen LogP contribution < -0.4 is 10.6 Å². The normalized spacial score (nSPS) is 22.1. The standard InChI is InChI=1S/C48H56N8O6/c1-26(2)39(53-46(59)61-5)44(57)55-25-48(19-20-48)23-38(55)42-49-24-37(52-42)31-13-11-29(12-14-31)28-7-9-30(10-8-28)32-16-18-35-36(22-32)51-43(50-35)41-33-15-17-34(21-33)56(41)45(58)40(27(3)4)54-47(60)62-6/h7-14,16,18,22,24,26-27,33-34,38-41H,15,17,19-21,23,25H2,1-6H3,(H,49,52)(H,50,51)(H,53,59)(H,54,60)/t33-,34+,38-,39-,40?,41-/m0/s1. The number of aromatic amines is 2. The summed E-state index contributed by atoms with van der Waals surface area (Å²) < 4.78 is 9.66. The highest BCUT2D eigenvalue weighted by Gasteiger charge is 2.55. The number of hydrogen-bond acceptors (Lipinski definition) is 8. The monoisotopic (exact) mass is 840 g/mol. The molecule has 2 aliphatic carbocycles. The Morgan fingerprint density at radius 2 is 1.32 bits per heavy atom. The topological polar surface area (TPSA) is 175 Å². The summed E-state index contributed by atoms with van der Waals surface area (Å²) in [5, 5.41) is 5.52. The molecule has 2 saturated carbocycles. The maximum Gasteiger partial charge on any atom is 0.407 e. The zero-order valence-electron chi connectivity index (χ0n) is 36.2. The van der Waals surface area contributed by atoms with Crippen molar-refractivity contribution in [1.29, 1.82) is 0 Å². The molecule has 3 aromatic carbocycles. The van der Waals surface area contributed by atoms with Gasteiger partial charge in [-0.3, -0.25) is 9.59 Å². The fourth-order valence-corrected chi connectivity index (χ4v) is 10.2. The number of likely N-dealkylation sites (tertiary alicyclic amines) is 2. The number of nitrogens with zero attached hydrogens (tertiary/aromatic N) is 4. The van der Waals surface area contributed by atoms with Gasteiger partial charge in [0.2, 0.25) is 11.8 Å². The van der Waals surface area contributed by atoms with Gasteiger partial charge in [-0.15, -0.1) is 0 Å². The Morgan fingerprint density at radius 1 is 0.742 bits per heavy atom. The fourth-order valence-electron chi connectivity index (χ4n) is 10.2. The summed E-state index contributed by atoms with van der Waals surface area (Å²) in [5.74, 6) is 1.45. The molecule has 14 nitrogen and oxygen atoms in total. The molecular weight excluding hydrogens is 785 g/mol. The van der Waals surface area contributed by atoms with Gasteiger partial charge >= 0.3 is 12.2 Å². The van der Waals surface area contributed by atoms with Crippen molar-refractivity contribution in [2.45, 2.75) is 96.4 Å². The first-order valence-electron chi connectivity index (χ1n) is 21.9. The van der Waals surface area contributed by atoms with Gasteiger partial charge in [-0.2, -0.15) is 0 Å². The van der Waals surface area contributed by atoms with E-state index in [0.29, 0.717) is 12.5 Å². The average molecular weight is 841 g/mol. The minimum Gasteiger partial charge on any atom is -0.453 e. The number of carbonyl (C=O) groups is 4. The maximum atomic E-state index is 14.0. The average Bonchev–Trinajstić information content (AvgIpc) is 3.88. The minimum atomic E-state index is -0.685. The molecule has 6 atom stereocenters. The molecule has 2 aliphatic heterocycles. The predicted octanol–water partition coefficient (Wildman–Crippen LogP) is 8.15. The number of H-pyrrole nitrogens is 2. The number of rotatable bonds is 11. The molecule has 4 aliphatic rings. The quantitative estimate of drug-likeness (QED) is 0.103. The second-order valence-electron chi connectivity index (χ2n) is 18.5. The molecule has 5 aromatic rings. The molecule has 9 rings (SSSR count). The van der Waals surface area contributed by atoms with E-state index in [1.54, 1.807) is 0 Å². The first-order chi connectivity index (χ1) is 29.8. The summed E-state index contributed by atoms with van der Waals surface area (Å²) in [6.07, 6.45) is 6.57. The van der Waals surface area contributed by atoms with E-state index >= 15 is 0 Å². The first kappa shape index (κ1) is 41.2. The highest BCUT2D eigenvalue weighted by molar-refractivity contribution is 5.88. The van der Waals surface area contributed by atoms with Crippen LogP contribution >= 0.6 is 0 Å². The fraction of sp³-hybridized carbons (Fsp3) is 0.458. The van der Waals surface area contributed by atoms with Crippen LogP contribution in [0.25, 0.3) is 44.5 Å². The van der Waals surface area contributed by atoms with E-state index in [1.165, 1.54) is 14.2 Å². The van der Waals surface area contributed by atoms with Gasteiger partial charge < -0.3 is 39.9 Å². The summed E-state index contributed by atoms with van der Waals surface area (Å²) >= 11 is 0. The van der Waals surface area contributed by atoms with Gasteiger partial charge in [0.1, 0.15) is 23.7 Å². The highest BCUT2D eigenvalue weighted by Crippen LogP contribution is 2.58. The second kappa shape index (κ2) is 16.3. The SMILES string of the molecule is COC(=O)NC(C(=O)N1[C@@H]2CC[C@@H](C2)[C@H]1c1nc2ccc(-c3ccc(-c4ccc(-c5cnc([C@@H]6CC7(CC7)CN6C(=O)[C@@H](NC(=O)OC)C(C)C)[nH]5)cc4)cc3)cc2[nH]1)C(C)C. The van der Waals surface area contributed by atoms with E-state index in [1.807, 2.05) is 49.8 Å². The molecule has 62 heavy (non-hydrogen) atoms. The number of fused-ring (bicyclic) bond motifs is 3. The van der Waals surface area contributed by atoms with Crippen LogP contribution in [0.1, 0.15) is 90.0 Å². The van der Waals surface area contributed by atoms with Crippen LogP contribution in [0.5, 0.6) is 0 Å². The highest BCUT2D eigenvalue weighted by atomic mass is 16.5. The lowest BCUT2D eigenvalue weighted by atomic mass is 9.95. The Labute approximate surface area is 361 Å². The van der Waals surface area contributed by atoms with Gasteiger partial charge in [0.05, 0.1) is 49.2 Å². The summed E-state index contributed by atoms with van der Waals surface area (Å²) in [6.45, 7) is 8.38. The number of piperidine rings is 1. The Hall–Kier alpha value is -6.18. The molecule has 1 unspecified atom stereocenters. The number of alkyl carbamates (subject to hydrolysis) is 2. The van der Waals surface area contributed by atoms with Crippen molar-refractivity contribution in [1.82, 2.24) is 40.4 Å². The van der Waals surface area contributed by atoms with Crippen LogP contribution in [0, 0.1) is 23.2 Å². The Balaban J connectivity index is 0.888. The van der Waals surface area contributed by atoms with Crippen molar-refractivity contribution < 1.29 is 28.7 Å². The smallest absolute Gasteiger partial charge is 0.407 e. The molecule has 0 radical (unpaired) electrons. The van der Waals surface area contributed by atoms with Gasteiger partial charge in [-0.05, 0) is 102 Å². The lowest BCUT2D eigenvalue weighted by Gasteiger charge is -2.37. The maximum absolute atomic E-state index is 14.0. The van der Waals surface area contributed by atoms with Crippen LogP contribution in [0.15, 0.2) is 72.9 Å². The summed E-state index contributed by atoms with van der Waals surface area (Å²) in [5.41, 5.74) is 8.07. The van der Waals surface area contributed by atoms with Crippen LogP contribution in [0.4, 0.5) is 9.59 Å². The van der Waals surface area contributed by atoms with Crippen molar-refractivity contribution in [3.05, 3.63) is 84.6 Å². The number of amides is 4. The Kier molecular flexibility index (Phi) is 10.8. The lowest BCUT2D eigenvalue weighted by molar-refractivity contribution is -0.139. The molecule has 2 saturated heterocycles. The molecule has 2 aromatic heterocycles. The molecule has 4 amide bonds. The van der Waals surface area contributed by atoms with Gasteiger partial charge in [0, 0.05) is 12.6 Å². The third-order valence-electron chi connectivity index (χ3n) is 13.8. The molecular formula is C48H56N8O6.